The Labute approximate surface area is 121 Å². The van der Waals surface area contributed by atoms with Gasteiger partial charge in [-0.3, -0.25) is 14.4 Å². The molecule has 1 aromatic heterocycles. The fraction of sp³-hybridized carbons (Fsp3) is 0.250. The van der Waals surface area contributed by atoms with Crippen LogP contribution in [0, 0.1) is 0 Å². The first kappa shape index (κ1) is 13.6. The van der Waals surface area contributed by atoms with E-state index in [9.17, 15) is 13.2 Å². The van der Waals surface area contributed by atoms with Crippen molar-refractivity contribution in [3.05, 3.63) is 36.2 Å². The van der Waals surface area contributed by atoms with Gasteiger partial charge in [-0.1, -0.05) is 0 Å². The molecule has 0 unspecified atom stereocenters. The minimum absolute atomic E-state index is 0.167. The Morgan fingerprint density at radius 2 is 2.05 bits per heavy atom. The van der Waals surface area contributed by atoms with Crippen molar-refractivity contribution in [2.75, 3.05) is 21.9 Å². The summed E-state index contributed by atoms with van der Waals surface area (Å²) in [6, 6.07) is 6.40. The maximum atomic E-state index is 11.9. The number of carbonyl (C=O) groups is 1. The van der Waals surface area contributed by atoms with Gasteiger partial charge in [0.25, 0.3) is 5.91 Å². The quantitative estimate of drug-likeness (QED) is 0.863. The summed E-state index contributed by atoms with van der Waals surface area (Å²) in [6.07, 6.45) is 1.91. The zero-order valence-electron chi connectivity index (χ0n) is 11.0. The highest BCUT2D eigenvalue weighted by atomic mass is 32.2. The topological polar surface area (TPSA) is 108 Å². The van der Waals surface area contributed by atoms with Crippen LogP contribution in [0.3, 0.4) is 0 Å². The van der Waals surface area contributed by atoms with E-state index in [2.05, 4.69) is 20.5 Å². The minimum atomic E-state index is -3.20. The highest BCUT2D eigenvalue weighted by Crippen LogP contribution is 2.24. The Hall–Kier alpha value is -2.42. The molecule has 1 saturated heterocycles. The van der Waals surface area contributed by atoms with E-state index in [-0.39, 0.29) is 17.6 Å². The number of rotatable bonds is 3. The van der Waals surface area contributed by atoms with Gasteiger partial charge in [-0.15, -0.1) is 0 Å². The Bertz CT molecular complexity index is 740. The number of nitrogens with one attached hydrogen (secondary N) is 2. The summed E-state index contributed by atoms with van der Waals surface area (Å²) in [5.74, 6) is 0.0783. The zero-order valence-corrected chi connectivity index (χ0v) is 11.8. The summed E-state index contributed by atoms with van der Waals surface area (Å²) in [6.45, 7) is 0.478. The van der Waals surface area contributed by atoms with Crippen LogP contribution in [0.25, 0.3) is 0 Å². The van der Waals surface area contributed by atoms with Gasteiger partial charge < -0.3 is 0 Å². The molecule has 3 rings (SSSR count). The number of aromatic nitrogens is 3. The molecule has 0 spiro atoms. The molecule has 2 aromatic rings. The number of nitrogens with zero attached hydrogens (tertiary/aromatic N) is 3. The fourth-order valence-corrected chi connectivity index (χ4v) is 3.72. The number of sulfonamides is 1. The number of hydrogen-bond donors (Lipinski definition) is 2. The second-order valence-corrected chi connectivity index (χ2v) is 6.59. The lowest BCUT2D eigenvalue weighted by atomic mass is 10.2. The summed E-state index contributed by atoms with van der Waals surface area (Å²) in [5.41, 5.74) is 0.982. The summed E-state index contributed by atoms with van der Waals surface area (Å²) in [7, 11) is -3.20. The lowest BCUT2D eigenvalue weighted by molar-refractivity contribution is 0.102. The molecule has 8 nitrogen and oxygen atoms in total. The van der Waals surface area contributed by atoms with Crippen LogP contribution in [0.1, 0.15) is 16.8 Å². The van der Waals surface area contributed by atoms with Gasteiger partial charge in [0.05, 0.1) is 11.4 Å². The lowest BCUT2D eigenvalue weighted by Crippen LogP contribution is -2.25. The third kappa shape index (κ3) is 2.72. The van der Waals surface area contributed by atoms with E-state index in [4.69, 9.17) is 0 Å². The van der Waals surface area contributed by atoms with E-state index in [1.165, 1.54) is 10.6 Å². The van der Waals surface area contributed by atoms with Crippen molar-refractivity contribution in [2.45, 2.75) is 6.42 Å². The largest absolute Gasteiger partial charge is 0.291 e. The molecule has 0 saturated carbocycles. The average molecular weight is 307 g/mol. The first-order chi connectivity index (χ1) is 10.1. The Kier molecular flexibility index (Phi) is 3.34. The molecule has 1 aliphatic heterocycles. The van der Waals surface area contributed by atoms with Crippen LogP contribution in [0.15, 0.2) is 30.6 Å². The highest BCUT2D eigenvalue weighted by Gasteiger charge is 2.28. The monoisotopic (exact) mass is 307 g/mol. The normalized spacial score (nSPS) is 16.9. The van der Waals surface area contributed by atoms with Gasteiger partial charge in [0.1, 0.15) is 6.33 Å². The number of anilines is 2. The van der Waals surface area contributed by atoms with Crippen LogP contribution < -0.4 is 9.62 Å². The molecule has 1 aliphatic rings. The number of amides is 1. The van der Waals surface area contributed by atoms with E-state index in [0.717, 1.165) is 0 Å². The molecule has 1 fully saturated rings. The van der Waals surface area contributed by atoms with Crippen molar-refractivity contribution in [3.8, 4) is 0 Å². The second-order valence-electron chi connectivity index (χ2n) is 4.58. The van der Waals surface area contributed by atoms with Gasteiger partial charge in [0.2, 0.25) is 16.0 Å². The van der Waals surface area contributed by atoms with Crippen LogP contribution in [0.2, 0.25) is 0 Å². The van der Waals surface area contributed by atoms with E-state index in [1.54, 1.807) is 24.3 Å². The van der Waals surface area contributed by atoms with Crippen LogP contribution >= 0.6 is 0 Å². The molecule has 9 heteroatoms. The first-order valence-corrected chi connectivity index (χ1v) is 7.94. The molecular formula is C12H13N5O3S. The molecule has 1 aromatic carbocycles. The molecule has 21 heavy (non-hydrogen) atoms. The highest BCUT2D eigenvalue weighted by molar-refractivity contribution is 7.93. The van der Waals surface area contributed by atoms with E-state index < -0.39 is 10.0 Å². The number of aromatic amines is 1. The van der Waals surface area contributed by atoms with Crippen molar-refractivity contribution in [2.24, 2.45) is 0 Å². The molecule has 2 N–H and O–H groups in total. The van der Waals surface area contributed by atoms with E-state index in [1.807, 2.05) is 0 Å². The van der Waals surface area contributed by atoms with Gasteiger partial charge in [0, 0.05) is 12.1 Å². The van der Waals surface area contributed by atoms with Crippen LogP contribution in [0.5, 0.6) is 0 Å². The lowest BCUT2D eigenvalue weighted by Gasteiger charge is -2.16. The smallest absolute Gasteiger partial charge is 0.258 e. The predicted octanol–water partition coefficient (Wildman–Crippen LogP) is 0.597. The number of hydrogen-bond acceptors (Lipinski definition) is 5. The van der Waals surface area contributed by atoms with Crippen molar-refractivity contribution >= 4 is 27.6 Å². The van der Waals surface area contributed by atoms with Gasteiger partial charge in [-0.25, -0.2) is 13.5 Å². The van der Waals surface area contributed by atoms with Gasteiger partial charge in [-0.2, -0.15) is 10.1 Å². The minimum Gasteiger partial charge on any atom is -0.291 e. The van der Waals surface area contributed by atoms with Crippen LogP contribution in [0.4, 0.5) is 11.6 Å². The molecule has 1 amide bonds. The molecule has 110 valence electrons. The Morgan fingerprint density at radius 3 is 2.62 bits per heavy atom. The summed E-state index contributed by atoms with van der Waals surface area (Å²) >= 11 is 0. The molecular weight excluding hydrogens is 294 g/mol. The number of carbonyl (C=O) groups excluding carboxylic acids is 1. The summed E-state index contributed by atoms with van der Waals surface area (Å²) in [5, 5.41) is 8.69. The molecule has 0 atom stereocenters. The molecule has 0 bridgehead atoms. The van der Waals surface area contributed by atoms with Gasteiger partial charge in [0.15, 0.2) is 0 Å². The van der Waals surface area contributed by atoms with Crippen LogP contribution in [-0.4, -0.2) is 41.8 Å². The Balaban J connectivity index is 1.76. The maximum Gasteiger partial charge on any atom is 0.258 e. The van der Waals surface area contributed by atoms with Crippen molar-refractivity contribution in [3.63, 3.8) is 0 Å². The summed E-state index contributed by atoms with van der Waals surface area (Å²) < 4.78 is 25.0. The second kappa shape index (κ2) is 5.17. The first-order valence-electron chi connectivity index (χ1n) is 6.33. The fourth-order valence-electron chi connectivity index (χ4n) is 2.15. The predicted molar refractivity (Wildman–Crippen MR) is 76.5 cm³/mol. The molecule has 0 aliphatic carbocycles. The average Bonchev–Trinajstić information content (AvgIpc) is 3.08. The van der Waals surface area contributed by atoms with Crippen molar-refractivity contribution in [1.29, 1.82) is 0 Å². The molecule has 0 radical (unpaired) electrons. The van der Waals surface area contributed by atoms with Crippen molar-refractivity contribution in [1.82, 2.24) is 15.2 Å². The standard InChI is InChI=1S/C12H13N5O3S/c18-11(15-12-13-8-14-16-12)9-2-4-10(5-3-9)17-6-1-7-21(17,19)20/h2-5,8H,1,6-7H2,(H2,13,14,15,16,18). The van der Waals surface area contributed by atoms with Crippen molar-refractivity contribution < 1.29 is 13.2 Å². The zero-order chi connectivity index (χ0) is 14.9. The number of benzene rings is 1. The third-order valence-electron chi connectivity index (χ3n) is 3.16. The third-order valence-corrected chi connectivity index (χ3v) is 5.03. The molecule has 2 heterocycles. The van der Waals surface area contributed by atoms with E-state index >= 15 is 0 Å². The van der Waals surface area contributed by atoms with Gasteiger partial charge in [-0.05, 0) is 30.7 Å². The number of H-pyrrole nitrogens is 1. The maximum absolute atomic E-state index is 11.9. The van der Waals surface area contributed by atoms with Gasteiger partial charge >= 0.3 is 0 Å². The summed E-state index contributed by atoms with van der Waals surface area (Å²) in [4.78, 5) is 15.7. The Morgan fingerprint density at radius 1 is 1.29 bits per heavy atom. The SMILES string of the molecule is O=C(Nc1ncn[nH]1)c1ccc(N2CCCS2(=O)=O)cc1. The van der Waals surface area contributed by atoms with Crippen LogP contribution in [-0.2, 0) is 10.0 Å². The van der Waals surface area contributed by atoms with E-state index in [0.29, 0.717) is 24.2 Å².